The average molecular weight is 337 g/mol. The first-order valence-corrected chi connectivity index (χ1v) is 8.24. The lowest BCUT2D eigenvalue weighted by Crippen LogP contribution is -2.48. The highest BCUT2D eigenvalue weighted by Gasteiger charge is 2.44. The van der Waals surface area contributed by atoms with Gasteiger partial charge >= 0.3 is 23.3 Å². The molecule has 126 valence electrons. The van der Waals surface area contributed by atoms with Gasteiger partial charge in [0.2, 0.25) is 5.91 Å². The molecule has 6 N–H and O–H groups in total. The Morgan fingerprint density at radius 3 is 2.50 bits per heavy atom. The van der Waals surface area contributed by atoms with Crippen molar-refractivity contribution in [2.75, 3.05) is 13.1 Å². The van der Waals surface area contributed by atoms with Gasteiger partial charge in [-0.1, -0.05) is 6.42 Å². The zero-order valence-corrected chi connectivity index (χ0v) is 12.7. The van der Waals surface area contributed by atoms with Gasteiger partial charge in [-0.2, -0.15) is 12.7 Å². The molecule has 1 amide bonds. The van der Waals surface area contributed by atoms with E-state index in [1.165, 1.54) is 0 Å². The predicted octanol–water partition coefficient (Wildman–Crippen LogP) is -2.67. The maximum Gasteiger partial charge on any atom is 0.451 e. The summed E-state index contributed by atoms with van der Waals surface area (Å²) in [6.45, 7) is -0.534. The van der Waals surface area contributed by atoms with E-state index < -0.39 is 47.7 Å². The third kappa shape index (κ3) is 4.92. The molecule has 0 aromatic heterocycles. The van der Waals surface area contributed by atoms with Gasteiger partial charge in [0.25, 0.3) is 0 Å². The normalized spacial score (nSPS) is 22.5. The van der Waals surface area contributed by atoms with Crippen molar-refractivity contribution in [1.82, 2.24) is 9.03 Å². The summed E-state index contributed by atoms with van der Waals surface area (Å²) in [5.74, 6) is -2.92. The van der Waals surface area contributed by atoms with Crippen LogP contribution in [0, 0.1) is 5.92 Å². The van der Waals surface area contributed by atoms with Crippen molar-refractivity contribution in [3.63, 3.8) is 0 Å². The molecule has 0 saturated carbocycles. The topological polar surface area (TPSA) is 170 Å². The molecular weight excluding hydrogens is 317 g/mol. The maximum absolute atomic E-state index is 12.1. The Hall–Kier alpha value is -1.21. The summed E-state index contributed by atoms with van der Waals surface area (Å²) in [7, 11) is -5.71. The molecule has 0 spiro atoms. The summed E-state index contributed by atoms with van der Waals surface area (Å²) in [6.07, 6.45) is 0.514. The monoisotopic (exact) mass is 337 g/mol. The summed E-state index contributed by atoms with van der Waals surface area (Å²) < 4.78 is 27.0. The van der Waals surface area contributed by atoms with Gasteiger partial charge in [-0.15, -0.1) is 0 Å². The number of carboxylic acid groups (broad SMARTS) is 1. The number of rotatable bonds is 8. The Kier molecular flexibility index (Phi) is 6.75. The van der Waals surface area contributed by atoms with Crippen LogP contribution in [-0.4, -0.2) is 66.0 Å². The smallest absolute Gasteiger partial charge is 0.451 e. The molecule has 2 atom stereocenters. The fourth-order valence-electron chi connectivity index (χ4n) is 2.51. The summed E-state index contributed by atoms with van der Waals surface area (Å²) in [6, 6.07) is -0.848. The highest BCUT2D eigenvalue weighted by atomic mass is 32.2. The second kappa shape index (κ2) is 7.88. The van der Waals surface area contributed by atoms with Gasteiger partial charge in [0, 0.05) is 12.6 Å². The first-order valence-electron chi connectivity index (χ1n) is 6.80. The molecule has 1 aliphatic heterocycles. The van der Waals surface area contributed by atoms with Crippen molar-refractivity contribution in [1.29, 1.82) is 0 Å². The van der Waals surface area contributed by atoms with E-state index >= 15 is 0 Å². The van der Waals surface area contributed by atoms with Crippen molar-refractivity contribution in [3.05, 3.63) is 0 Å². The first-order chi connectivity index (χ1) is 10.2. The molecule has 22 heavy (non-hydrogen) atoms. The predicted molar refractivity (Wildman–Crippen MR) is 76.6 cm³/mol. The molecule has 10 nitrogen and oxygen atoms in total. The number of carbonyl (C=O) groups is 2. The lowest BCUT2D eigenvalue weighted by molar-refractivity contribution is -0.142. The Labute approximate surface area is 128 Å². The number of aliphatic carboxylic acids is 1. The van der Waals surface area contributed by atoms with Crippen molar-refractivity contribution in [2.24, 2.45) is 11.7 Å². The van der Waals surface area contributed by atoms with Crippen LogP contribution in [-0.2, 0) is 19.8 Å². The standard InChI is InChI=1S/C10H20BN3O7S/c12-6-9(15)13-22(20,21)14-5-3-7(10(16)17)8(14)2-1-4-11(18)19/h7-8,18-19H,1-6,12H2,(H,13,15)(H,16,17). The lowest BCUT2D eigenvalue weighted by atomic mass is 9.82. The molecule has 0 aliphatic carbocycles. The number of nitrogens with two attached hydrogens (primary N) is 1. The minimum atomic E-state index is -4.17. The van der Waals surface area contributed by atoms with E-state index in [0.717, 1.165) is 4.31 Å². The minimum absolute atomic E-state index is 0.00584. The van der Waals surface area contributed by atoms with Crippen LogP contribution >= 0.6 is 0 Å². The van der Waals surface area contributed by atoms with Crippen LogP contribution in [0.15, 0.2) is 0 Å². The van der Waals surface area contributed by atoms with E-state index in [0.29, 0.717) is 0 Å². The number of carbonyl (C=O) groups excluding carboxylic acids is 1. The fourth-order valence-corrected chi connectivity index (χ4v) is 3.95. The molecule has 0 bridgehead atoms. The molecule has 1 fully saturated rings. The summed E-state index contributed by atoms with van der Waals surface area (Å²) in [5, 5.41) is 26.8. The largest absolute Gasteiger partial charge is 0.481 e. The number of nitrogens with one attached hydrogen (secondary N) is 1. The van der Waals surface area contributed by atoms with E-state index in [2.05, 4.69) is 0 Å². The minimum Gasteiger partial charge on any atom is -0.481 e. The molecule has 0 radical (unpaired) electrons. The maximum atomic E-state index is 12.1. The molecule has 1 saturated heterocycles. The van der Waals surface area contributed by atoms with Crippen molar-refractivity contribution >= 4 is 29.2 Å². The molecule has 1 aliphatic rings. The zero-order valence-electron chi connectivity index (χ0n) is 11.9. The van der Waals surface area contributed by atoms with Crippen LogP contribution in [0.25, 0.3) is 0 Å². The van der Waals surface area contributed by atoms with Crippen LogP contribution in [0.3, 0.4) is 0 Å². The van der Waals surface area contributed by atoms with Crippen molar-refractivity contribution < 1.29 is 33.2 Å². The fraction of sp³-hybridized carbons (Fsp3) is 0.800. The summed E-state index contributed by atoms with van der Waals surface area (Å²) in [4.78, 5) is 22.4. The lowest BCUT2D eigenvalue weighted by Gasteiger charge is -2.26. The quantitative estimate of drug-likeness (QED) is 0.299. The zero-order chi connectivity index (χ0) is 16.9. The molecule has 12 heteroatoms. The molecule has 1 rings (SSSR count). The van der Waals surface area contributed by atoms with Crippen LogP contribution in [0.4, 0.5) is 0 Å². The Bertz CT molecular complexity index is 513. The molecule has 2 unspecified atom stereocenters. The molecular formula is C10H20BN3O7S. The molecule has 1 heterocycles. The van der Waals surface area contributed by atoms with Gasteiger partial charge in [-0.3, -0.25) is 9.59 Å². The summed E-state index contributed by atoms with van der Waals surface area (Å²) in [5.41, 5.74) is 5.06. The second-order valence-electron chi connectivity index (χ2n) is 5.06. The third-order valence-corrected chi connectivity index (χ3v) is 5.07. The highest BCUT2D eigenvalue weighted by molar-refractivity contribution is 7.87. The van der Waals surface area contributed by atoms with Crippen LogP contribution in [0.5, 0.6) is 0 Å². The van der Waals surface area contributed by atoms with Gasteiger partial charge in [0.05, 0.1) is 12.5 Å². The van der Waals surface area contributed by atoms with Crippen LogP contribution in [0.1, 0.15) is 19.3 Å². The van der Waals surface area contributed by atoms with Crippen molar-refractivity contribution in [3.8, 4) is 0 Å². The average Bonchev–Trinajstić information content (AvgIpc) is 2.82. The van der Waals surface area contributed by atoms with Crippen LogP contribution in [0.2, 0.25) is 6.32 Å². The van der Waals surface area contributed by atoms with E-state index in [4.69, 9.17) is 15.8 Å². The van der Waals surface area contributed by atoms with Crippen LogP contribution < -0.4 is 10.5 Å². The second-order valence-corrected chi connectivity index (χ2v) is 6.68. The third-order valence-electron chi connectivity index (χ3n) is 3.51. The van der Waals surface area contributed by atoms with Gasteiger partial charge in [0.1, 0.15) is 0 Å². The van der Waals surface area contributed by atoms with Gasteiger partial charge in [-0.05, 0) is 19.2 Å². The summed E-state index contributed by atoms with van der Waals surface area (Å²) >= 11 is 0. The molecule has 0 aromatic carbocycles. The number of amides is 1. The first kappa shape index (κ1) is 18.8. The van der Waals surface area contributed by atoms with E-state index in [1.807, 2.05) is 0 Å². The van der Waals surface area contributed by atoms with Gasteiger partial charge in [0.15, 0.2) is 0 Å². The van der Waals surface area contributed by atoms with E-state index in [9.17, 15) is 23.1 Å². The SMILES string of the molecule is NCC(=O)NS(=O)(=O)N1CCC(C(=O)O)C1CCCB(O)O. The number of hydrogen-bond donors (Lipinski definition) is 5. The van der Waals surface area contributed by atoms with Gasteiger partial charge in [-0.25, -0.2) is 4.72 Å². The number of hydrogen-bond acceptors (Lipinski definition) is 7. The Balaban J connectivity index is 2.86. The number of carboxylic acids is 1. The number of nitrogens with zero attached hydrogens (tertiary/aromatic N) is 1. The Morgan fingerprint density at radius 2 is 2.00 bits per heavy atom. The van der Waals surface area contributed by atoms with Gasteiger partial charge < -0.3 is 20.9 Å². The Morgan fingerprint density at radius 1 is 1.36 bits per heavy atom. The molecule has 0 aromatic rings. The van der Waals surface area contributed by atoms with E-state index in [1.54, 1.807) is 4.72 Å². The highest BCUT2D eigenvalue weighted by Crippen LogP contribution is 2.30. The van der Waals surface area contributed by atoms with Crippen molar-refractivity contribution in [2.45, 2.75) is 31.6 Å². The van der Waals surface area contributed by atoms with E-state index in [-0.39, 0.29) is 32.1 Å².